The third-order valence-corrected chi connectivity index (χ3v) is 8.00. The van der Waals surface area contributed by atoms with Crippen LogP contribution in [0.2, 0.25) is 0 Å². The van der Waals surface area contributed by atoms with Crippen molar-refractivity contribution in [2.24, 2.45) is 0 Å². The van der Waals surface area contributed by atoms with Crippen molar-refractivity contribution in [2.75, 3.05) is 5.09 Å². The molecular weight excluding hydrogens is 513 g/mol. The first-order valence-electron chi connectivity index (χ1n) is 10.2. The molecule has 11 heteroatoms. The van der Waals surface area contributed by atoms with Gasteiger partial charge < -0.3 is 5.09 Å². The van der Waals surface area contributed by atoms with Gasteiger partial charge in [-0.3, -0.25) is 4.57 Å². The molecule has 0 heterocycles. The Balaban J connectivity index is 1.95. The zero-order valence-corrected chi connectivity index (χ0v) is 18.8. The topological polar surface area (TPSA) is 29.1 Å². The van der Waals surface area contributed by atoms with Gasteiger partial charge in [0.2, 0.25) is 13.1 Å². The van der Waals surface area contributed by atoms with E-state index in [-0.39, 0.29) is 21.7 Å². The number of halogens is 8. The number of hydrogen-bond donors (Lipinski definition) is 1. The Hall–Kier alpha value is -3.65. The van der Waals surface area contributed by atoms with E-state index in [2.05, 4.69) is 5.09 Å². The van der Waals surface area contributed by atoms with Gasteiger partial charge in [0.25, 0.3) is 0 Å². The van der Waals surface area contributed by atoms with Crippen LogP contribution in [-0.2, 0) is 10.7 Å². The highest BCUT2D eigenvalue weighted by Gasteiger charge is 2.35. The molecule has 0 fully saturated rings. The lowest BCUT2D eigenvalue weighted by Gasteiger charge is -2.25. The molecule has 0 saturated carbocycles. The predicted molar refractivity (Wildman–Crippen MR) is 120 cm³/mol. The highest BCUT2D eigenvalue weighted by molar-refractivity contribution is 7.80. The molecule has 186 valence electrons. The molecule has 0 aliphatic heterocycles. The molecule has 2 nitrogen and oxygen atoms in total. The maximum absolute atomic E-state index is 14.5. The fraction of sp³-hybridized carbons (Fsp3) is 0.0400. The van der Waals surface area contributed by atoms with Gasteiger partial charge in [0.1, 0.15) is 5.69 Å². The van der Waals surface area contributed by atoms with E-state index >= 15 is 0 Å². The molecule has 0 saturated heterocycles. The van der Waals surface area contributed by atoms with Gasteiger partial charge in [-0.15, -0.1) is 0 Å². The molecule has 4 aromatic carbocycles. The molecule has 0 spiro atoms. The van der Waals surface area contributed by atoms with Gasteiger partial charge in [0.05, 0.1) is 5.56 Å². The lowest BCUT2D eigenvalue weighted by Crippen LogP contribution is -2.25. The molecule has 4 aromatic rings. The maximum atomic E-state index is 14.5. The lowest BCUT2D eigenvalue weighted by atomic mass is 10.0. The molecule has 4 rings (SSSR count). The van der Waals surface area contributed by atoms with Crippen LogP contribution in [0.25, 0.3) is 11.1 Å². The molecule has 1 atom stereocenters. The van der Waals surface area contributed by atoms with Crippen LogP contribution in [0.3, 0.4) is 0 Å². The molecule has 0 bridgehead atoms. The summed E-state index contributed by atoms with van der Waals surface area (Å²) in [6.07, 6.45) is -4.61. The van der Waals surface area contributed by atoms with E-state index in [1.165, 1.54) is 48.5 Å². The van der Waals surface area contributed by atoms with Crippen molar-refractivity contribution in [3.8, 4) is 11.1 Å². The predicted octanol–water partition coefficient (Wildman–Crippen LogP) is 7.41. The van der Waals surface area contributed by atoms with Crippen LogP contribution in [0.5, 0.6) is 0 Å². The Morgan fingerprint density at radius 1 is 0.611 bits per heavy atom. The van der Waals surface area contributed by atoms with Crippen molar-refractivity contribution >= 4 is 23.6 Å². The van der Waals surface area contributed by atoms with Crippen molar-refractivity contribution in [1.29, 1.82) is 0 Å². The summed E-state index contributed by atoms with van der Waals surface area (Å²) in [5.41, 5.74) is -2.14. The minimum Gasteiger partial charge on any atom is -0.324 e. The number of hydrogen-bond acceptors (Lipinski definition) is 1. The van der Waals surface area contributed by atoms with Crippen LogP contribution in [0.1, 0.15) is 5.56 Å². The summed E-state index contributed by atoms with van der Waals surface area (Å²) in [6, 6.07) is 16.5. The van der Waals surface area contributed by atoms with Gasteiger partial charge in [-0.2, -0.15) is 13.2 Å². The summed E-state index contributed by atoms with van der Waals surface area (Å²) in [5, 5.41) is 1.89. The highest BCUT2D eigenvalue weighted by atomic mass is 31.2. The minimum atomic E-state index is -4.61. The quantitative estimate of drug-likeness (QED) is 0.127. The van der Waals surface area contributed by atoms with Crippen LogP contribution in [0.4, 0.5) is 40.8 Å². The maximum Gasteiger partial charge on any atom is 0.416 e. The zero-order chi connectivity index (χ0) is 26.3. The fourth-order valence-corrected chi connectivity index (χ4v) is 6.06. The van der Waals surface area contributed by atoms with E-state index in [4.69, 9.17) is 0 Å². The van der Waals surface area contributed by atoms with Gasteiger partial charge in [0, 0.05) is 10.6 Å². The van der Waals surface area contributed by atoms with E-state index in [1.54, 1.807) is 6.07 Å². The average Bonchev–Trinajstić information content (AvgIpc) is 2.89. The number of nitrogens with one attached hydrogen (secondary N) is 1. The number of alkyl halides is 3. The van der Waals surface area contributed by atoms with Crippen molar-refractivity contribution < 1.29 is 39.7 Å². The monoisotopic (exact) mass is 527 g/mol. The number of benzene rings is 4. The fourth-order valence-electron chi connectivity index (χ4n) is 3.59. The first kappa shape index (κ1) is 25.4. The Kier molecular flexibility index (Phi) is 6.66. The molecule has 1 unspecified atom stereocenters. The second kappa shape index (κ2) is 9.43. The van der Waals surface area contributed by atoms with Gasteiger partial charge in [0.15, 0.2) is 23.3 Å². The van der Waals surface area contributed by atoms with Gasteiger partial charge in [-0.1, -0.05) is 48.5 Å². The van der Waals surface area contributed by atoms with Crippen LogP contribution in [0, 0.1) is 29.1 Å². The summed E-state index contributed by atoms with van der Waals surface area (Å²) in [5.74, 6) is -11.3. The van der Waals surface area contributed by atoms with Crippen LogP contribution < -0.4 is 15.7 Å². The summed E-state index contributed by atoms with van der Waals surface area (Å²) in [6.45, 7) is 0. The smallest absolute Gasteiger partial charge is 0.324 e. The number of rotatable bonds is 5. The van der Waals surface area contributed by atoms with Crippen molar-refractivity contribution in [2.45, 2.75) is 6.18 Å². The largest absolute Gasteiger partial charge is 0.416 e. The van der Waals surface area contributed by atoms with E-state index in [0.717, 1.165) is 24.3 Å². The first-order chi connectivity index (χ1) is 16.9. The van der Waals surface area contributed by atoms with Crippen LogP contribution >= 0.6 is 7.29 Å². The normalized spacial score (nSPS) is 13.3. The molecule has 0 aliphatic rings. The Bertz CT molecular complexity index is 1440. The summed E-state index contributed by atoms with van der Waals surface area (Å²) in [7, 11) is -4.41. The van der Waals surface area contributed by atoms with Crippen molar-refractivity contribution in [3.05, 3.63) is 114 Å². The molecule has 0 radical (unpaired) electrons. The van der Waals surface area contributed by atoms with Crippen LogP contribution in [-0.4, -0.2) is 0 Å². The van der Waals surface area contributed by atoms with Crippen molar-refractivity contribution in [1.82, 2.24) is 0 Å². The molecule has 0 amide bonds. The Morgan fingerprint density at radius 2 is 1.11 bits per heavy atom. The zero-order valence-electron chi connectivity index (χ0n) is 17.9. The molecular formula is C25H14F8NOP. The van der Waals surface area contributed by atoms with E-state index in [0.29, 0.717) is 0 Å². The third kappa shape index (κ3) is 4.48. The standard InChI is InChI=1S/C25H14F8NOP/c26-19-20(27)22(29)24(23(30)21(19)28)34-36(35,16-6-2-1-3-7-16)18-9-5-4-8-17(18)14-10-12-15(13-11-14)25(31,32)33/h1-13H,(H,34,35). The van der Waals surface area contributed by atoms with Gasteiger partial charge in [-0.25, -0.2) is 22.0 Å². The van der Waals surface area contributed by atoms with Crippen molar-refractivity contribution in [3.63, 3.8) is 0 Å². The minimum absolute atomic E-state index is 0.0479. The molecule has 36 heavy (non-hydrogen) atoms. The van der Waals surface area contributed by atoms with E-state index in [1.807, 2.05) is 0 Å². The highest BCUT2D eigenvalue weighted by Crippen LogP contribution is 2.48. The molecule has 1 N–H and O–H groups in total. The third-order valence-electron chi connectivity index (χ3n) is 5.37. The van der Waals surface area contributed by atoms with Gasteiger partial charge in [-0.05, 0) is 41.5 Å². The molecule has 0 aliphatic carbocycles. The number of anilines is 1. The summed E-state index contributed by atoms with van der Waals surface area (Å²) < 4.78 is 124. The first-order valence-corrected chi connectivity index (χ1v) is 11.9. The summed E-state index contributed by atoms with van der Waals surface area (Å²) >= 11 is 0. The van der Waals surface area contributed by atoms with E-state index in [9.17, 15) is 39.7 Å². The second-order valence-corrected chi connectivity index (χ2v) is 10.0. The second-order valence-electron chi connectivity index (χ2n) is 7.59. The average molecular weight is 527 g/mol. The van der Waals surface area contributed by atoms with Gasteiger partial charge >= 0.3 is 6.18 Å². The van der Waals surface area contributed by atoms with E-state index < -0.39 is 53.8 Å². The Labute approximate surface area is 199 Å². The Morgan fingerprint density at radius 3 is 1.67 bits per heavy atom. The lowest BCUT2D eigenvalue weighted by molar-refractivity contribution is -0.137. The van der Waals surface area contributed by atoms with Crippen LogP contribution in [0.15, 0.2) is 78.9 Å². The summed E-state index contributed by atoms with van der Waals surface area (Å²) in [4.78, 5) is 0. The SMILES string of the molecule is O=P(Nc1c(F)c(F)c(F)c(F)c1F)(c1ccccc1)c1ccccc1-c1ccc(C(F)(F)F)cc1. The molecule has 0 aromatic heterocycles.